The Kier molecular flexibility index (Phi) is 3.66. The van der Waals surface area contributed by atoms with Crippen LogP contribution in [0, 0.1) is 12.7 Å². The van der Waals surface area contributed by atoms with Crippen LogP contribution in [-0.2, 0) is 0 Å². The Morgan fingerprint density at radius 3 is 2.74 bits per heavy atom. The number of halogens is 2. The lowest BCUT2D eigenvalue weighted by Crippen LogP contribution is -2.04. The molecule has 0 amide bonds. The van der Waals surface area contributed by atoms with E-state index in [1.54, 1.807) is 6.92 Å². The number of nitrogens with zero attached hydrogens (tertiary/aromatic N) is 1. The van der Waals surface area contributed by atoms with Crippen molar-refractivity contribution in [3.63, 3.8) is 0 Å². The highest BCUT2D eigenvalue weighted by atomic mass is 35.5. The summed E-state index contributed by atoms with van der Waals surface area (Å²) in [6.45, 7) is 1.57. The number of rotatable bonds is 3. The summed E-state index contributed by atoms with van der Waals surface area (Å²) < 4.78 is 13.5. The number of nitrogens with one attached hydrogen (secondary N) is 1. The van der Waals surface area contributed by atoms with E-state index in [4.69, 9.17) is 16.7 Å². The summed E-state index contributed by atoms with van der Waals surface area (Å²) in [6, 6.07) is 6.99. The number of aromatic nitrogens is 1. The number of aromatic carboxylic acids is 1. The van der Waals surface area contributed by atoms with Crippen LogP contribution in [0.2, 0.25) is 5.02 Å². The van der Waals surface area contributed by atoms with Gasteiger partial charge in [-0.1, -0.05) is 11.6 Å². The molecule has 0 unspecified atom stereocenters. The minimum absolute atomic E-state index is 0.108. The molecule has 1 aromatic heterocycles. The van der Waals surface area contributed by atoms with Gasteiger partial charge in [0.15, 0.2) is 0 Å². The van der Waals surface area contributed by atoms with Gasteiger partial charge in [-0.15, -0.1) is 0 Å². The zero-order valence-corrected chi connectivity index (χ0v) is 10.7. The Balaban J connectivity index is 2.31. The topological polar surface area (TPSA) is 62.2 Å². The van der Waals surface area contributed by atoms with E-state index < -0.39 is 11.8 Å². The Labute approximate surface area is 113 Å². The summed E-state index contributed by atoms with van der Waals surface area (Å²) in [7, 11) is 0. The summed E-state index contributed by atoms with van der Waals surface area (Å²) in [5.74, 6) is -1.17. The van der Waals surface area contributed by atoms with Gasteiger partial charge in [0.1, 0.15) is 11.6 Å². The molecule has 4 nitrogen and oxygen atoms in total. The zero-order chi connectivity index (χ0) is 14.0. The molecule has 1 heterocycles. The molecular weight excluding hydrogens is 271 g/mol. The fourth-order valence-electron chi connectivity index (χ4n) is 1.59. The first kappa shape index (κ1) is 13.3. The third-order valence-corrected chi connectivity index (χ3v) is 2.74. The Bertz CT molecular complexity index is 647. The number of hydrogen-bond acceptors (Lipinski definition) is 3. The lowest BCUT2D eigenvalue weighted by molar-refractivity contribution is 0.0695. The largest absolute Gasteiger partial charge is 0.478 e. The summed E-state index contributed by atoms with van der Waals surface area (Å²) in [4.78, 5) is 14.9. The van der Waals surface area contributed by atoms with Crippen molar-refractivity contribution in [2.75, 3.05) is 5.32 Å². The minimum atomic E-state index is -1.05. The molecule has 19 heavy (non-hydrogen) atoms. The molecule has 0 aliphatic rings. The maximum atomic E-state index is 13.5. The van der Waals surface area contributed by atoms with Crippen molar-refractivity contribution in [2.45, 2.75) is 6.92 Å². The lowest BCUT2D eigenvalue weighted by Gasteiger charge is -2.09. The van der Waals surface area contributed by atoms with Gasteiger partial charge in [0.2, 0.25) is 0 Å². The van der Waals surface area contributed by atoms with Crippen LogP contribution in [-0.4, -0.2) is 16.1 Å². The van der Waals surface area contributed by atoms with Gasteiger partial charge in [0.05, 0.1) is 16.9 Å². The monoisotopic (exact) mass is 280 g/mol. The number of hydrogen-bond donors (Lipinski definition) is 2. The quantitative estimate of drug-likeness (QED) is 0.901. The Hall–Kier alpha value is -2.14. The van der Waals surface area contributed by atoms with Crippen LogP contribution in [0.4, 0.5) is 15.9 Å². The molecule has 0 radical (unpaired) electrons. The number of carboxylic acids is 1. The molecule has 0 saturated heterocycles. The molecule has 0 aliphatic carbocycles. The normalized spacial score (nSPS) is 10.3. The third kappa shape index (κ3) is 3.00. The van der Waals surface area contributed by atoms with Crippen LogP contribution < -0.4 is 5.32 Å². The molecule has 2 rings (SSSR count). The first-order chi connectivity index (χ1) is 8.97. The van der Waals surface area contributed by atoms with E-state index in [-0.39, 0.29) is 11.3 Å². The molecule has 2 N–H and O–H groups in total. The van der Waals surface area contributed by atoms with Gasteiger partial charge >= 0.3 is 5.97 Å². The molecule has 0 saturated carbocycles. The van der Waals surface area contributed by atoms with Gasteiger partial charge in [-0.2, -0.15) is 0 Å². The average molecular weight is 281 g/mol. The number of aryl methyl sites for hydroxylation is 1. The summed E-state index contributed by atoms with van der Waals surface area (Å²) in [5, 5.41) is 12.0. The molecule has 6 heteroatoms. The Morgan fingerprint density at radius 2 is 2.11 bits per heavy atom. The lowest BCUT2D eigenvalue weighted by atomic mass is 10.2. The van der Waals surface area contributed by atoms with Gasteiger partial charge < -0.3 is 10.4 Å². The molecule has 0 spiro atoms. The molecule has 2 aromatic rings. The molecule has 98 valence electrons. The van der Waals surface area contributed by atoms with E-state index in [9.17, 15) is 9.18 Å². The van der Waals surface area contributed by atoms with Crippen molar-refractivity contribution < 1.29 is 14.3 Å². The van der Waals surface area contributed by atoms with Crippen molar-refractivity contribution in [3.05, 3.63) is 52.4 Å². The Morgan fingerprint density at radius 1 is 1.37 bits per heavy atom. The maximum absolute atomic E-state index is 13.5. The van der Waals surface area contributed by atoms with Gasteiger partial charge in [-0.3, -0.25) is 0 Å². The zero-order valence-electron chi connectivity index (χ0n) is 9.95. The fourth-order valence-corrected chi connectivity index (χ4v) is 1.76. The summed E-state index contributed by atoms with van der Waals surface area (Å²) >= 11 is 5.78. The van der Waals surface area contributed by atoms with Gasteiger partial charge in [0.25, 0.3) is 0 Å². The van der Waals surface area contributed by atoms with E-state index in [1.165, 1.54) is 30.3 Å². The van der Waals surface area contributed by atoms with Crippen molar-refractivity contribution in [2.24, 2.45) is 0 Å². The predicted octanol–water partition coefficient (Wildman–Crippen LogP) is 3.62. The second kappa shape index (κ2) is 5.24. The number of carboxylic acid groups (broad SMARTS) is 1. The van der Waals surface area contributed by atoms with Gasteiger partial charge in [0, 0.05) is 5.02 Å². The van der Waals surface area contributed by atoms with Crippen LogP contribution >= 0.6 is 11.6 Å². The first-order valence-corrected chi connectivity index (χ1v) is 5.78. The summed E-state index contributed by atoms with van der Waals surface area (Å²) in [5.41, 5.74) is 0.638. The molecule has 0 atom stereocenters. The summed E-state index contributed by atoms with van der Waals surface area (Å²) in [6.07, 6.45) is 0. The third-order valence-electron chi connectivity index (χ3n) is 2.51. The molecule has 0 aliphatic heterocycles. The number of anilines is 2. The van der Waals surface area contributed by atoms with Crippen LogP contribution in [0.5, 0.6) is 0 Å². The molecule has 1 aromatic carbocycles. The highest BCUT2D eigenvalue weighted by Gasteiger charge is 2.10. The second-order valence-electron chi connectivity index (χ2n) is 3.88. The number of benzene rings is 1. The van der Waals surface area contributed by atoms with Crippen molar-refractivity contribution in [3.8, 4) is 0 Å². The van der Waals surface area contributed by atoms with Crippen LogP contribution in [0.3, 0.4) is 0 Å². The van der Waals surface area contributed by atoms with E-state index in [1.807, 2.05) is 0 Å². The standard InChI is InChI=1S/C13H10ClFN2O2/c1-7-9(13(18)19)3-5-12(16-7)17-11-6-8(14)2-4-10(11)15/h2-6H,1H3,(H,16,17)(H,18,19). The SMILES string of the molecule is Cc1nc(Nc2cc(Cl)ccc2F)ccc1C(=O)O. The van der Waals surface area contributed by atoms with Crippen molar-refractivity contribution in [1.82, 2.24) is 4.98 Å². The van der Waals surface area contributed by atoms with Gasteiger partial charge in [-0.25, -0.2) is 14.2 Å². The van der Waals surface area contributed by atoms with Gasteiger partial charge in [-0.05, 0) is 37.3 Å². The van der Waals surface area contributed by atoms with Crippen LogP contribution in [0.1, 0.15) is 16.1 Å². The van der Waals surface area contributed by atoms with Crippen LogP contribution in [0.25, 0.3) is 0 Å². The van der Waals surface area contributed by atoms with Crippen LogP contribution in [0.15, 0.2) is 30.3 Å². The second-order valence-corrected chi connectivity index (χ2v) is 4.32. The molecular formula is C13H10ClFN2O2. The van der Waals surface area contributed by atoms with E-state index in [2.05, 4.69) is 10.3 Å². The van der Waals surface area contributed by atoms with E-state index in [0.29, 0.717) is 16.5 Å². The number of pyridine rings is 1. The molecule has 0 bridgehead atoms. The van der Waals surface area contributed by atoms with E-state index >= 15 is 0 Å². The van der Waals surface area contributed by atoms with E-state index in [0.717, 1.165) is 0 Å². The number of carbonyl (C=O) groups is 1. The van der Waals surface area contributed by atoms with Crippen molar-refractivity contribution in [1.29, 1.82) is 0 Å². The highest BCUT2D eigenvalue weighted by molar-refractivity contribution is 6.30. The fraction of sp³-hybridized carbons (Fsp3) is 0.0769. The molecule has 0 fully saturated rings. The first-order valence-electron chi connectivity index (χ1n) is 5.40. The minimum Gasteiger partial charge on any atom is -0.478 e. The maximum Gasteiger partial charge on any atom is 0.337 e. The van der Waals surface area contributed by atoms with Crippen molar-refractivity contribution >= 4 is 29.1 Å². The highest BCUT2D eigenvalue weighted by Crippen LogP contribution is 2.23. The predicted molar refractivity (Wildman–Crippen MR) is 70.6 cm³/mol. The average Bonchev–Trinajstić information content (AvgIpc) is 2.33. The smallest absolute Gasteiger partial charge is 0.337 e.